The number of hydrogen-bond acceptors (Lipinski definition) is 7. The SMILES string of the molecule is Cc1nn([C@H](C)c2ccc(Cl)cc2Cl)c2nc(N3CCC(N4CCCC(CC(=O)O)C4)C(CO)C3)cnc12. The molecule has 3 unspecified atom stereocenters. The van der Waals surface area contributed by atoms with Crippen molar-refractivity contribution in [3.05, 3.63) is 45.7 Å². The monoisotopic (exact) mass is 560 g/mol. The summed E-state index contributed by atoms with van der Waals surface area (Å²) in [4.78, 5) is 25.6. The van der Waals surface area contributed by atoms with Gasteiger partial charge in [0.05, 0.1) is 17.9 Å². The minimum atomic E-state index is -0.735. The molecule has 2 fully saturated rings. The van der Waals surface area contributed by atoms with E-state index < -0.39 is 5.97 Å². The van der Waals surface area contributed by atoms with E-state index in [1.54, 1.807) is 12.3 Å². The highest BCUT2D eigenvalue weighted by molar-refractivity contribution is 6.35. The van der Waals surface area contributed by atoms with Crippen molar-refractivity contribution in [1.82, 2.24) is 24.6 Å². The Balaban J connectivity index is 1.37. The molecule has 0 spiro atoms. The van der Waals surface area contributed by atoms with E-state index in [0.29, 0.717) is 22.2 Å². The van der Waals surface area contributed by atoms with E-state index in [2.05, 4.69) is 9.80 Å². The van der Waals surface area contributed by atoms with E-state index in [9.17, 15) is 15.0 Å². The third kappa shape index (κ3) is 5.47. The van der Waals surface area contributed by atoms with Crippen LogP contribution >= 0.6 is 23.2 Å². The molecule has 0 aliphatic carbocycles. The maximum Gasteiger partial charge on any atom is 0.303 e. The quantitative estimate of drug-likeness (QED) is 0.437. The zero-order valence-electron chi connectivity index (χ0n) is 21.7. The molecule has 2 aromatic heterocycles. The third-order valence-corrected chi connectivity index (χ3v) is 8.64. The van der Waals surface area contributed by atoms with Crippen LogP contribution < -0.4 is 4.90 Å². The number of anilines is 1. The summed E-state index contributed by atoms with van der Waals surface area (Å²) in [6, 6.07) is 5.52. The summed E-state index contributed by atoms with van der Waals surface area (Å²) in [6.45, 7) is 7.20. The van der Waals surface area contributed by atoms with Gasteiger partial charge in [0.15, 0.2) is 5.65 Å². The van der Waals surface area contributed by atoms with Gasteiger partial charge in [0.1, 0.15) is 11.3 Å². The smallest absolute Gasteiger partial charge is 0.303 e. The fraction of sp³-hybridized carbons (Fsp3) is 0.556. The second-order valence-corrected chi connectivity index (χ2v) is 11.5. The van der Waals surface area contributed by atoms with E-state index in [4.69, 9.17) is 38.3 Å². The summed E-state index contributed by atoms with van der Waals surface area (Å²) < 4.78 is 1.86. The molecular weight excluding hydrogens is 527 g/mol. The normalized spacial score (nSPS) is 23.6. The van der Waals surface area contributed by atoms with Crippen LogP contribution in [-0.2, 0) is 4.79 Å². The maximum absolute atomic E-state index is 11.2. The number of aliphatic hydroxyl groups excluding tert-OH is 1. The minimum Gasteiger partial charge on any atom is -0.481 e. The number of likely N-dealkylation sites (tertiary alicyclic amines) is 1. The molecule has 9 nitrogen and oxygen atoms in total. The highest BCUT2D eigenvalue weighted by atomic mass is 35.5. The van der Waals surface area contributed by atoms with Crippen molar-refractivity contribution in [2.75, 3.05) is 37.7 Å². The molecule has 0 amide bonds. The highest BCUT2D eigenvalue weighted by Gasteiger charge is 2.36. The Labute approximate surface area is 232 Å². The number of carboxylic acid groups (broad SMARTS) is 1. The fourth-order valence-corrected chi connectivity index (χ4v) is 6.70. The summed E-state index contributed by atoms with van der Waals surface area (Å²) in [7, 11) is 0. The number of rotatable bonds is 7. The number of benzene rings is 1. The summed E-state index contributed by atoms with van der Waals surface area (Å²) in [6.07, 6.45) is 4.83. The highest BCUT2D eigenvalue weighted by Crippen LogP contribution is 2.33. The molecule has 4 heterocycles. The molecule has 0 saturated carbocycles. The average molecular weight is 562 g/mol. The summed E-state index contributed by atoms with van der Waals surface area (Å²) >= 11 is 12.6. The zero-order valence-corrected chi connectivity index (χ0v) is 23.2. The van der Waals surface area contributed by atoms with Gasteiger partial charge in [-0.1, -0.05) is 29.3 Å². The lowest BCUT2D eigenvalue weighted by Crippen LogP contribution is -2.55. The van der Waals surface area contributed by atoms with E-state index >= 15 is 0 Å². The van der Waals surface area contributed by atoms with E-state index in [0.717, 1.165) is 61.5 Å². The second-order valence-electron chi connectivity index (χ2n) is 10.6. The number of piperidine rings is 2. The molecule has 2 N–H and O–H groups in total. The molecule has 2 aliphatic rings. The Bertz CT molecular complexity index is 1320. The molecular formula is C27H34Cl2N6O3. The lowest BCUT2D eigenvalue weighted by molar-refractivity contribution is -0.138. The maximum atomic E-state index is 11.2. The van der Waals surface area contributed by atoms with E-state index in [-0.39, 0.29) is 36.9 Å². The molecule has 0 bridgehead atoms. The molecule has 0 radical (unpaired) electrons. The fourth-order valence-electron chi connectivity index (χ4n) is 6.14. The van der Waals surface area contributed by atoms with Crippen molar-refractivity contribution in [3.63, 3.8) is 0 Å². The van der Waals surface area contributed by atoms with Crippen LogP contribution in [0.1, 0.15) is 49.9 Å². The number of nitrogens with zero attached hydrogens (tertiary/aromatic N) is 6. The number of hydrogen-bond donors (Lipinski definition) is 2. The van der Waals surface area contributed by atoms with Crippen LogP contribution in [0.5, 0.6) is 0 Å². The number of aryl methyl sites for hydroxylation is 1. The van der Waals surface area contributed by atoms with Gasteiger partial charge in [0.2, 0.25) is 0 Å². The van der Waals surface area contributed by atoms with Gasteiger partial charge in [0, 0.05) is 54.7 Å². The average Bonchev–Trinajstić information content (AvgIpc) is 3.23. The minimum absolute atomic E-state index is 0.0447. The van der Waals surface area contributed by atoms with Crippen LogP contribution in [0.15, 0.2) is 24.4 Å². The molecule has 4 atom stereocenters. The van der Waals surface area contributed by atoms with Crippen molar-refractivity contribution in [2.45, 2.75) is 51.6 Å². The first-order valence-electron chi connectivity index (χ1n) is 13.2. The number of aromatic nitrogens is 4. The van der Waals surface area contributed by atoms with Crippen molar-refractivity contribution in [3.8, 4) is 0 Å². The number of fused-ring (bicyclic) bond motifs is 1. The van der Waals surface area contributed by atoms with Gasteiger partial charge in [-0.25, -0.2) is 14.6 Å². The van der Waals surface area contributed by atoms with Crippen LogP contribution in [0.25, 0.3) is 11.2 Å². The Kier molecular flexibility index (Phi) is 8.09. The van der Waals surface area contributed by atoms with Gasteiger partial charge in [-0.15, -0.1) is 0 Å². The van der Waals surface area contributed by atoms with Crippen LogP contribution in [0.2, 0.25) is 10.0 Å². The van der Waals surface area contributed by atoms with Crippen LogP contribution in [0.3, 0.4) is 0 Å². The number of carboxylic acids is 1. The first-order chi connectivity index (χ1) is 18.2. The Morgan fingerprint density at radius 2 is 2.03 bits per heavy atom. The molecule has 11 heteroatoms. The molecule has 204 valence electrons. The van der Waals surface area contributed by atoms with Crippen LogP contribution in [-0.4, -0.2) is 79.7 Å². The van der Waals surface area contributed by atoms with Gasteiger partial charge in [-0.05, 0) is 63.3 Å². The van der Waals surface area contributed by atoms with Crippen molar-refractivity contribution >= 4 is 46.2 Å². The van der Waals surface area contributed by atoms with Gasteiger partial charge in [-0.2, -0.15) is 5.10 Å². The number of halogens is 2. The molecule has 1 aromatic carbocycles. The predicted molar refractivity (Wildman–Crippen MR) is 148 cm³/mol. The third-order valence-electron chi connectivity index (χ3n) is 8.07. The van der Waals surface area contributed by atoms with Gasteiger partial charge in [-0.3, -0.25) is 9.69 Å². The van der Waals surface area contributed by atoms with Crippen molar-refractivity contribution in [1.29, 1.82) is 0 Å². The summed E-state index contributed by atoms with van der Waals surface area (Å²) in [5.74, 6) is 0.239. The van der Waals surface area contributed by atoms with E-state index in [1.165, 1.54) is 0 Å². The Morgan fingerprint density at radius 1 is 1.21 bits per heavy atom. The predicted octanol–water partition coefficient (Wildman–Crippen LogP) is 4.42. The summed E-state index contributed by atoms with van der Waals surface area (Å²) in [5, 5.41) is 25.5. The lowest BCUT2D eigenvalue weighted by Gasteiger charge is -2.46. The lowest BCUT2D eigenvalue weighted by atomic mass is 9.87. The van der Waals surface area contributed by atoms with Gasteiger partial charge in [0.25, 0.3) is 0 Å². The van der Waals surface area contributed by atoms with Gasteiger partial charge < -0.3 is 15.1 Å². The Hall–Kier alpha value is -2.46. The first kappa shape index (κ1) is 27.1. The number of aliphatic carboxylic acids is 1. The topological polar surface area (TPSA) is 108 Å². The van der Waals surface area contributed by atoms with Crippen LogP contribution in [0, 0.1) is 18.8 Å². The van der Waals surface area contributed by atoms with Gasteiger partial charge >= 0.3 is 5.97 Å². The molecule has 3 aromatic rings. The molecule has 5 rings (SSSR count). The number of aliphatic hydroxyl groups is 1. The van der Waals surface area contributed by atoms with E-state index in [1.807, 2.05) is 30.7 Å². The largest absolute Gasteiger partial charge is 0.481 e. The first-order valence-corrected chi connectivity index (χ1v) is 14.0. The standard InChI is InChI=1S/C27H34Cl2N6O3/c1-16-26-27(35(32-16)17(2)21-6-5-20(28)11-22(21)29)31-24(12-30-26)34-9-7-23(19(14-34)15-36)33-8-3-4-18(13-33)10-25(37)38/h5-6,11-12,17-19,23,36H,3-4,7-10,13-15H2,1-2H3,(H,37,38)/t17-,18?,19?,23?/m1/s1. The Morgan fingerprint density at radius 3 is 2.76 bits per heavy atom. The van der Waals surface area contributed by atoms with Crippen LogP contribution in [0.4, 0.5) is 5.82 Å². The van der Waals surface area contributed by atoms with Crippen molar-refractivity contribution < 1.29 is 15.0 Å². The number of carbonyl (C=O) groups is 1. The van der Waals surface area contributed by atoms with Crippen molar-refractivity contribution in [2.24, 2.45) is 11.8 Å². The molecule has 38 heavy (non-hydrogen) atoms. The molecule has 2 saturated heterocycles. The summed E-state index contributed by atoms with van der Waals surface area (Å²) in [5.41, 5.74) is 3.13. The zero-order chi connectivity index (χ0) is 27.0. The second kappa shape index (κ2) is 11.3. The molecule has 2 aliphatic heterocycles.